The lowest BCUT2D eigenvalue weighted by Gasteiger charge is -2.21. The summed E-state index contributed by atoms with van der Waals surface area (Å²) in [5.41, 5.74) is 2.04. The molecule has 1 N–H and O–H groups in total. The van der Waals surface area contributed by atoms with E-state index in [0.29, 0.717) is 12.5 Å². The molecule has 2 aromatic rings. The number of aromatic nitrogens is 1. The van der Waals surface area contributed by atoms with Crippen LogP contribution in [0.2, 0.25) is 0 Å². The van der Waals surface area contributed by atoms with Crippen LogP contribution in [0.15, 0.2) is 48.7 Å². The molecule has 4 nitrogen and oxygen atoms in total. The third kappa shape index (κ3) is 4.46. The van der Waals surface area contributed by atoms with Crippen molar-refractivity contribution in [1.29, 1.82) is 0 Å². The first-order chi connectivity index (χ1) is 10.2. The van der Waals surface area contributed by atoms with Crippen molar-refractivity contribution in [1.82, 2.24) is 4.98 Å². The van der Waals surface area contributed by atoms with Crippen LogP contribution in [0, 0.1) is 0 Å². The van der Waals surface area contributed by atoms with Gasteiger partial charge in [-0.1, -0.05) is 30.3 Å². The van der Waals surface area contributed by atoms with E-state index in [9.17, 15) is 0 Å². The van der Waals surface area contributed by atoms with Crippen LogP contribution in [0.4, 0.5) is 5.69 Å². The minimum atomic E-state index is 0.0508. The molecule has 0 radical (unpaired) electrons. The van der Waals surface area contributed by atoms with E-state index in [-0.39, 0.29) is 12.1 Å². The number of hydrogen-bond acceptors (Lipinski definition) is 4. The van der Waals surface area contributed by atoms with Crippen LogP contribution < -0.4 is 10.1 Å². The van der Waals surface area contributed by atoms with Crippen molar-refractivity contribution >= 4 is 5.69 Å². The minimum Gasteiger partial charge on any atom is -0.473 e. The number of pyridine rings is 1. The van der Waals surface area contributed by atoms with E-state index in [1.165, 1.54) is 5.56 Å². The molecule has 1 unspecified atom stereocenters. The molecule has 2 rings (SSSR count). The van der Waals surface area contributed by atoms with Crippen molar-refractivity contribution in [2.75, 3.05) is 19.0 Å². The first-order valence-corrected chi connectivity index (χ1v) is 7.12. The number of benzene rings is 1. The molecule has 21 heavy (non-hydrogen) atoms. The molecule has 4 heteroatoms. The molecule has 0 aliphatic rings. The van der Waals surface area contributed by atoms with Crippen molar-refractivity contribution in [2.45, 2.75) is 26.0 Å². The lowest BCUT2D eigenvalue weighted by molar-refractivity contribution is 0.186. The van der Waals surface area contributed by atoms with Crippen LogP contribution in [0.1, 0.15) is 25.5 Å². The third-order valence-corrected chi connectivity index (χ3v) is 2.98. The fourth-order valence-electron chi connectivity index (χ4n) is 2.08. The number of rotatable bonds is 7. The Kier molecular flexibility index (Phi) is 5.58. The summed E-state index contributed by atoms with van der Waals surface area (Å²) in [5.74, 6) is 0.615. The van der Waals surface area contributed by atoms with Gasteiger partial charge in [0.25, 0.3) is 0 Å². The number of hydrogen-bond donors (Lipinski definition) is 1. The number of nitrogens with zero attached hydrogens (tertiary/aromatic N) is 1. The molecular formula is C17H22N2O2. The Morgan fingerprint density at radius 3 is 2.52 bits per heavy atom. The summed E-state index contributed by atoms with van der Waals surface area (Å²) in [7, 11) is 1.70. The monoisotopic (exact) mass is 286 g/mol. The topological polar surface area (TPSA) is 43.4 Å². The van der Waals surface area contributed by atoms with Crippen molar-refractivity contribution in [2.24, 2.45) is 0 Å². The van der Waals surface area contributed by atoms with Gasteiger partial charge in [-0.25, -0.2) is 4.98 Å². The summed E-state index contributed by atoms with van der Waals surface area (Å²) in [6.07, 6.45) is 1.81. The van der Waals surface area contributed by atoms with Gasteiger partial charge in [-0.15, -0.1) is 0 Å². The van der Waals surface area contributed by atoms with E-state index in [4.69, 9.17) is 9.47 Å². The van der Waals surface area contributed by atoms with Crippen LogP contribution in [0.5, 0.6) is 5.88 Å². The van der Waals surface area contributed by atoms with E-state index in [2.05, 4.69) is 22.4 Å². The second-order valence-electron chi connectivity index (χ2n) is 5.09. The number of nitrogens with one attached hydrogen (secondary N) is 1. The summed E-state index contributed by atoms with van der Waals surface area (Å²) >= 11 is 0. The van der Waals surface area contributed by atoms with Crippen molar-refractivity contribution in [3.63, 3.8) is 0 Å². The van der Waals surface area contributed by atoms with E-state index in [0.717, 1.165) is 5.69 Å². The molecule has 0 amide bonds. The Morgan fingerprint density at radius 1 is 1.10 bits per heavy atom. The van der Waals surface area contributed by atoms with Gasteiger partial charge in [-0.05, 0) is 31.5 Å². The van der Waals surface area contributed by atoms with Crippen molar-refractivity contribution < 1.29 is 9.47 Å². The molecule has 0 bridgehead atoms. The zero-order chi connectivity index (χ0) is 15.1. The maximum Gasteiger partial charge on any atom is 0.237 e. The number of ether oxygens (including phenoxy) is 2. The Labute approximate surface area is 126 Å². The summed E-state index contributed by atoms with van der Waals surface area (Å²) in [4.78, 5) is 4.30. The van der Waals surface area contributed by atoms with E-state index >= 15 is 0 Å². The van der Waals surface area contributed by atoms with Gasteiger partial charge in [-0.3, -0.25) is 0 Å². The number of anilines is 1. The SMILES string of the molecule is COCC(Nc1cccnc1OC(C)C)c1ccccc1. The average Bonchev–Trinajstić information content (AvgIpc) is 2.49. The Bertz CT molecular complexity index is 543. The maximum atomic E-state index is 5.75. The molecule has 1 heterocycles. The first-order valence-electron chi connectivity index (χ1n) is 7.12. The predicted octanol–water partition coefficient (Wildman–Crippen LogP) is 3.67. The van der Waals surface area contributed by atoms with Gasteiger partial charge in [-0.2, -0.15) is 0 Å². The van der Waals surface area contributed by atoms with Gasteiger partial charge in [0.05, 0.1) is 24.4 Å². The molecule has 1 aromatic heterocycles. The summed E-state index contributed by atoms with van der Waals surface area (Å²) in [5, 5.41) is 3.46. The highest BCUT2D eigenvalue weighted by molar-refractivity contribution is 5.53. The van der Waals surface area contributed by atoms with Crippen LogP contribution in [0.25, 0.3) is 0 Å². The largest absolute Gasteiger partial charge is 0.473 e. The van der Waals surface area contributed by atoms with Crippen molar-refractivity contribution in [3.05, 3.63) is 54.2 Å². The van der Waals surface area contributed by atoms with Gasteiger partial charge in [0.15, 0.2) is 0 Å². The van der Waals surface area contributed by atoms with Gasteiger partial charge in [0.1, 0.15) is 0 Å². The molecule has 0 saturated carbocycles. The quantitative estimate of drug-likeness (QED) is 0.843. The van der Waals surface area contributed by atoms with E-state index in [1.54, 1.807) is 13.3 Å². The molecular weight excluding hydrogens is 264 g/mol. The minimum absolute atomic E-state index is 0.0508. The molecule has 0 aliphatic heterocycles. The lowest BCUT2D eigenvalue weighted by atomic mass is 10.1. The van der Waals surface area contributed by atoms with Crippen LogP contribution in [0.3, 0.4) is 0 Å². The normalized spacial score (nSPS) is 12.2. The van der Waals surface area contributed by atoms with E-state index < -0.39 is 0 Å². The second-order valence-corrected chi connectivity index (χ2v) is 5.09. The molecule has 0 aliphatic carbocycles. The summed E-state index contributed by atoms with van der Waals surface area (Å²) in [6.45, 7) is 4.55. The molecule has 0 spiro atoms. The highest BCUT2D eigenvalue weighted by Gasteiger charge is 2.14. The van der Waals surface area contributed by atoms with Crippen LogP contribution >= 0.6 is 0 Å². The molecule has 0 saturated heterocycles. The standard InChI is InChI=1S/C17H22N2O2/c1-13(2)21-17-15(10-7-11-18-17)19-16(12-20-3)14-8-5-4-6-9-14/h4-11,13,16,19H,12H2,1-3H3. The molecule has 112 valence electrons. The lowest BCUT2D eigenvalue weighted by Crippen LogP contribution is -2.18. The Hall–Kier alpha value is -2.07. The maximum absolute atomic E-state index is 5.75. The average molecular weight is 286 g/mol. The Morgan fingerprint density at radius 2 is 1.86 bits per heavy atom. The summed E-state index contributed by atoms with van der Waals surface area (Å²) < 4.78 is 11.1. The van der Waals surface area contributed by atoms with Gasteiger partial charge in [0, 0.05) is 13.3 Å². The van der Waals surface area contributed by atoms with E-state index in [1.807, 2.05) is 44.2 Å². The molecule has 1 atom stereocenters. The highest BCUT2D eigenvalue weighted by atomic mass is 16.5. The zero-order valence-electron chi connectivity index (χ0n) is 12.7. The van der Waals surface area contributed by atoms with Crippen LogP contribution in [-0.2, 0) is 4.74 Å². The summed E-state index contributed by atoms with van der Waals surface area (Å²) in [6, 6.07) is 14.1. The van der Waals surface area contributed by atoms with Crippen LogP contribution in [-0.4, -0.2) is 24.8 Å². The smallest absolute Gasteiger partial charge is 0.237 e. The van der Waals surface area contributed by atoms with Gasteiger partial charge >= 0.3 is 0 Å². The van der Waals surface area contributed by atoms with Gasteiger partial charge in [0.2, 0.25) is 5.88 Å². The first kappa shape index (κ1) is 15.3. The van der Waals surface area contributed by atoms with Gasteiger partial charge < -0.3 is 14.8 Å². The zero-order valence-corrected chi connectivity index (χ0v) is 12.7. The highest BCUT2D eigenvalue weighted by Crippen LogP contribution is 2.27. The molecule has 1 aromatic carbocycles. The fraction of sp³-hybridized carbons (Fsp3) is 0.353. The Balaban J connectivity index is 2.21. The predicted molar refractivity (Wildman–Crippen MR) is 84.7 cm³/mol. The molecule has 0 fully saturated rings. The van der Waals surface area contributed by atoms with Crippen molar-refractivity contribution in [3.8, 4) is 5.88 Å². The second kappa shape index (κ2) is 7.64. The number of methoxy groups -OCH3 is 1. The third-order valence-electron chi connectivity index (χ3n) is 2.98. The fourth-order valence-corrected chi connectivity index (χ4v) is 2.08.